The SMILES string of the molecule is O=S(=O)(N=P(N1CC1)(N1CC1)N1CC1)c1ccc(N=P(N2CC2)(N2CC2)N2CC2)cc1. The predicted octanol–water partition coefficient (Wildman–Crippen LogP) is 1.79. The lowest BCUT2D eigenvalue weighted by atomic mass is 10.3. The number of rotatable bonds is 9. The molecular weight excluding hydrogens is 454 g/mol. The van der Waals surface area contributed by atoms with Crippen LogP contribution >= 0.6 is 15.0 Å². The van der Waals surface area contributed by atoms with Gasteiger partial charge in [-0.1, -0.05) is 0 Å². The fourth-order valence-electron chi connectivity index (χ4n) is 4.33. The summed E-state index contributed by atoms with van der Waals surface area (Å²) in [4.78, 5) is 0.287. The average Bonchev–Trinajstić information content (AvgIpc) is 3.60. The van der Waals surface area contributed by atoms with Crippen LogP contribution in [0.1, 0.15) is 0 Å². The van der Waals surface area contributed by atoms with Gasteiger partial charge in [0, 0.05) is 78.5 Å². The molecule has 1 aromatic carbocycles. The standard InChI is InChI=1S/C18H28N8O2P2S/c27-31(28,20-30(24-11-12-24,25-13-14-25)26-15-16-26)18-3-1-17(2-4-18)19-29(21-5-6-21,22-7-8-22)23-9-10-23/h1-4H,5-16H2. The highest BCUT2D eigenvalue weighted by molar-refractivity contribution is 7.93. The lowest BCUT2D eigenvalue weighted by molar-refractivity contribution is 0.595. The number of nitrogens with zero attached hydrogens (tertiary/aromatic N) is 8. The Morgan fingerprint density at radius 2 is 0.935 bits per heavy atom. The van der Waals surface area contributed by atoms with Gasteiger partial charge in [-0.25, -0.2) is 32.8 Å². The molecule has 7 rings (SSSR count). The molecule has 0 bridgehead atoms. The summed E-state index contributed by atoms with van der Waals surface area (Å²) in [6.45, 7) is 12.4. The Morgan fingerprint density at radius 3 is 1.29 bits per heavy atom. The normalized spacial score (nSPS) is 27.2. The molecule has 0 aromatic heterocycles. The Balaban J connectivity index is 1.24. The zero-order chi connectivity index (χ0) is 20.8. The molecule has 6 heterocycles. The van der Waals surface area contributed by atoms with E-state index in [1.165, 1.54) is 0 Å². The van der Waals surface area contributed by atoms with Crippen molar-refractivity contribution in [1.82, 2.24) is 28.0 Å². The molecule has 0 aliphatic carbocycles. The Morgan fingerprint density at radius 1 is 0.581 bits per heavy atom. The van der Waals surface area contributed by atoms with Gasteiger partial charge < -0.3 is 0 Å². The van der Waals surface area contributed by atoms with E-state index in [0.29, 0.717) is 0 Å². The third kappa shape index (κ3) is 3.41. The summed E-state index contributed by atoms with van der Waals surface area (Å²) in [5.41, 5.74) is 0.877. The highest BCUT2D eigenvalue weighted by atomic mass is 32.2. The molecule has 0 amide bonds. The highest BCUT2D eigenvalue weighted by Gasteiger charge is 2.54. The van der Waals surface area contributed by atoms with Crippen LogP contribution in [-0.4, -0.2) is 115 Å². The molecule has 0 atom stereocenters. The second-order valence-corrected chi connectivity index (χ2v) is 16.8. The molecule has 6 aliphatic heterocycles. The Labute approximate surface area is 183 Å². The van der Waals surface area contributed by atoms with Gasteiger partial charge >= 0.3 is 0 Å². The molecule has 0 unspecified atom stereocenters. The number of hydrogen-bond acceptors (Lipinski definition) is 3. The quantitative estimate of drug-likeness (QED) is 0.390. The summed E-state index contributed by atoms with van der Waals surface area (Å²) in [5.74, 6) is 0. The smallest absolute Gasteiger partial charge is 0.243 e. The van der Waals surface area contributed by atoms with Crippen molar-refractivity contribution in [2.75, 3.05) is 78.5 Å². The van der Waals surface area contributed by atoms with Gasteiger partial charge in [-0.15, -0.1) is 4.15 Å². The summed E-state index contributed by atoms with van der Waals surface area (Å²) in [5, 5.41) is 0. The van der Waals surface area contributed by atoms with E-state index in [2.05, 4.69) is 32.2 Å². The van der Waals surface area contributed by atoms with Crippen LogP contribution in [-0.2, 0) is 10.0 Å². The minimum Gasteiger partial charge on any atom is -0.243 e. The van der Waals surface area contributed by atoms with Crippen LogP contribution in [0.15, 0.2) is 38.1 Å². The molecule has 0 saturated carbocycles. The van der Waals surface area contributed by atoms with Crippen LogP contribution in [0.5, 0.6) is 0 Å². The van der Waals surface area contributed by atoms with Crippen molar-refractivity contribution in [3.63, 3.8) is 0 Å². The molecule has 6 fully saturated rings. The predicted molar refractivity (Wildman–Crippen MR) is 121 cm³/mol. The molecule has 0 radical (unpaired) electrons. The van der Waals surface area contributed by atoms with Crippen molar-refractivity contribution in [3.05, 3.63) is 24.3 Å². The first-order valence-corrected chi connectivity index (χ1v) is 15.8. The van der Waals surface area contributed by atoms with E-state index in [4.69, 9.17) is 4.74 Å². The third-order valence-corrected chi connectivity index (χ3v) is 16.5. The summed E-state index contributed by atoms with van der Waals surface area (Å²) >= 11 is 0. The van der Waals surface area contributed by atoms with Crippen LogP contribution in [0.4, 0.5) is 5.69 Å². The van der Waals surface area contributed by atoms with E-state index < -0.39 is 25.0 Å². The van der Waals surface area contributed by atoms with Gasteiger partial charge in [-0.05, 0) is 24.3 Å². The van der Waals surface area contributed by atoms with Gasteiger partial charge in [-0.2, -0.15) is 8.42 Å². The Kier molecular flexibility index (Phi) is 4.29. The van der Waals surface area contributed by atoms with Gasteiger partial charge in [0.2, 0.25) is 0 Å². The maximum absolute atomic E-state index is 13.3. The summed E-state index contributed by atoms with van der Waals surface area (Å²) in [6, 6.07) is 7.17. The molecular formula is C18H28N8O2P2S. The fourth-order valence-corrected chi connectivity index (χ4v) is 14.3. The van der Waals surface area contributed by atoms with Crippen molar-refractivity contribution in [3.8, 4) is 0 Å². The van der Waals surface area contributed by atoms with Crippen molar-refractivity contribution < 1.29 is 8.42 Å². The van der Waals surface area contributed by atoms with E-state index in [9.17, 15) is 8.42 Å². The van der Waals surface area contributed by atoms with Gasteiger partial charge in [0.25, 0.3) is 10.0 Å². The van der Waals surface area contributed by atoms with Crippen LogP contribution in [0.3, 0.4) is 0 Å². The van der Waals surface area contributed by atoms with Crippen LogP contribution in [0.2, 0.25) is 0 Å². The van der Waals surface area contributed by atoms with E-state index >= 15 is 0 Å². The van der Waals surface area contributed by atoms with Crippen molar-refractivity contribution in [1.29, 1.82) is 0 Å². The van der Waals surface area contributed by atoms with Crippen molar-refractivity contribution in [2.24, 2.45) is 8.90 Å². The average molecular weight is 482 g/mol. The minimum absolute atomic E-state index is 0.287. The molecule has 0 N–H and O–H groups in total. The molecule has 6 aliphatic rings. The lowest BCUT2D eigenvalue weighted by Gasteiger charge is -2.28. The number of hydrogen-bond donors (Lipinski definition) is 0. The van der Waals surface area contributed by atoms with E-state index in [0.717, 1.165) is 84.2 Å². The van der Waals surface area contributed by atoms with Crippen molar-refractivity contribution in [2.45, 2.75) is 4.90 Å². The van der Waals surface area contributed by atoms with E-state index in [-0.39, 0.29) is 4.90 Å². The second-order valence-electron chi connectivity index (χ2n) is 8.95. The molecule has 31 heavy (non-hydrogen) atoms. The maximum Gasteiger partial charge on any atom is 0.284 e. The molecule has 6 saturated heterocycles. The summed E-state index contributed by atoms with van der Waals surface area (Å²) < 4.78 is 50.8. The topological polar surface area (TPSA) is 76.9 Å². The van der Waals surface area contributed by atoms with Gasteiger partial charge in [0.15, 0.2) is 15.0 Å². The first-order valence-electron chi connectivity index (χ1n) is 11.2. The maximum atomic E-state index is 13.3. The minimum atomic E-state index is -3.72. The number of benzene rings is 1. The van der Waals surface area contributed by atoms with Gasteiger partial charge in [0.05, 0.1) is 10.6 Å². The second kappa shape index (κ2) is 6.72. The zero-order valence-corrected chi connectivity index (χ0v) is 20.1. The van der Waals surface area contributed by atoms with Gasteiger partial charge in [0.1, 0.15) is 0 Å². The van der Waals surface area contributed by atoms with Crippen LogP contribution < -0.4 is 0 Å². The summed E-state index contributed by atoms with van der Waals surface area (Å²) in [7, 11) is -7.71. The fraction of sp³-hybridized carbons (Fsp3) is 0.667. The molecule has 1 aromatic rings. The lowest BCUT2D eigenvalue weighted by Crippen LogP contribution is -2.14. The third-order valence-electron chi connectivity index (χ3n) is 6.42. The zero-order valence-electron chi connectivity index (χ0n) is 17.5. The van der Waals surface area contributed by atoms with Crippen LogP contribution in [0, 0.1) is 0 Å². The monoisotopic (exact) mass is 482 g/mol. The Bertz CT molecular complexity index is 1060. The van der Waals surface area contributed by atoms with Crippen LogP contribution in [0.25, 0.3) is 0 Å². The first kappa shape index (κ1) is 19.8. The molecule has 168 valence electrons. The Hall–Kier alpha value is -0.610. The van der Waals surface area contributed by atoms with Crippen molar-refractivity contribution >= 4 is 30.7 Å². The number of sulfonamides is 1. The molecule has 10 nitrogen and oxygen atoms in total. The molecule has 13 heteroatoms. The first-order chi connectivity index (χ1) is 15.0. The molecule has 0 spiro atoms. The van der Waals surface area contributed by atoms with Gasteiger partial charge in [-0.3, -0.25) is 0 Å². The van der Waals surface area contributed by atoms with E-state index in [1.807, 2.05) is 12.1 Å². The highest BCUT2D eigenvalue weighted by Crippen LogP contribution is 2.70. The van der Waals surface area contributed by atoms with E-state index in [1.54, 1.807) is 12.1 Å². The largest absolute Gasteiger partial charge is 0.284 e. The summed E-state index contributed by atoms with van der Waals surface area (Å²) in [6.07, 6.45) is 0.